The number of carbonyl (C=O) groups excluding carboxylic acids is 4. The van der Waals surface area contributed by atoms with Crippen LogP contribution in [0.25, 0.3) is 0 Å². The maximum absolute atomic E-state index is 11.5. The molecule has 10 nitrogen and oxygen atoms in total. The Labute approximate surface area is 133 Å². The van der Waals surface area contributed by atoms with Gasteiger partial charge in [-0.15, -0.1) is 0 Å². The topological polar surface area (TPSA) is 191 Å². The highest BCUT2D eigenvalue weighted by molar-refractivity contribution is 5.90. The van der Waals surface area contributed by atoms with Gasteiger partial charge in [-0.25, -0.2) is 9.59 Å². The lowest BCUT2D eigenvalue weighted by atomic mass is 10.1. The molecule has 0 aromatic carbocycles. The maximum atomic E-state index is 11.5. The van der Waals surface area contributed by atoms with Crippen LogP contribution in [0.1, 0.15) is 32.1 Å². The predicted octanol–water partition coefficient (Wildman–Crippen LogP) is -2.35. The average molecular weight is 332 g/mol. The molecule has 0 bridgehead atoms. The molecule has 0 radical (unpaired) electrons. The van der Waals surface area contributed by atoms with Crippen LogP contribution in [-0.4, -0.2) is 49.1 Å². The van der Waals surface area contributed by atoms with Gasteiger partial charge in [-0.1, -0.05) is 0 Å². The van der Waals surface area contributed by atoms with E-state index in [2.05, 4.69) is 9.47 Å². The minimum atomic E-state index is -1.19. The number of hydrogen-bond acceptors (Lipinski definition) is 10. The van der Waals surface area contributed by atoms with Gasteiger partial charge in [0.05, 0.1) is 6.42 Å². The van der Waals surface area contributed by atoms with Gasteiger partial charge in [0.15, 0.2) is 0 Å². The lowest BCUT2D eigenvalue weighted by molar-refractivity contribution is -0.160. The van der Waals surface area contributed by atoms with E-state index in [9.17, 15) is 19.2 Å². The van der Waals surface area contributed by atoms with Gasteiger partial charge < -0.3 is 32.4 Å². The zero-order valence-corrected chi connectivity index (χ0v) is 12.9. The lowest BCUT2D eigenvalue weighted by Gasteiger charge is -2.11. The molecule has 8 N–H and O–H groups in total. The fourth-order valence-electron chi connectivity index (χ4n) is 1.44. The first-order valence-electron chi connectivity index (χ1n) is 7.22. The van der Waals surface area contributed by atoms with Gasteiger partial charge in [0.25, 0.3) is 0 Å². The number of carbonyl (C=O) groups is 4. The molecular formula is C13H24N4O6. The molecule has 0 aromatic rings. The Balaban J connectivity index is 4.10. The Hall–Kier alpha value is -1.88. The van der Waals surface area contributed by atoms with Crippen LogP contribution in [0.2, 0.25) is 0 Å². The van der Waals surface area contributed by atoms with E-state index in [1.807, 2.05) is 0 Å². The average Bonchev–Trinajstić information content (AvgIpc) is 2.50. The molecule has 0 fully saturated rings. The van der Waals surface area contributed by atoms with Crippen LogP contribution >= 0.6 is 0 Å². The third-order valence-electron chi connectivity index (χ3n) is 2.76. The van der Waals surface area contributed by atoms with E-state index >= 15 is 0 Å². The minimum Gasteiger partial charge on any atom is -0.392 e. The lowest BCUT2D eigenvalue weighted by Crippen LogP contribution is -2.36. The van der Waals surface area contributed by atoms with E-state index in [-0.39, 0.29) is 25.8 Å². The Morgan fingerprint density at radius 1 is 0.739 bits per heavy atom. The Kier molecular flexibility index (Phi) is 10.7. The number of nitrogens with two attached hydrogens (primary N) is 4. The smallest absolute Gasteiger partial charge is 0.330 e. The number of rotatable bonds is 10. The van der Waals surface area contributed by atoms with Gasteiger partial charge in [0.2, 0.25) is 0 Å². The number of esters is 4. The summed E-state index contributed by atoms with van der Waals surface area (Å²) in [6, 6.07) is -2.12. The second-order valence-electron chi connectivity index (χ2n) is 4.81. The van der Waals surface area contributed by atoms with Crippen LogP contribution in [0, 0.1) is 0 Å². The molecule has 1 unspecified atom stereocenters. The van der Waals surface area contributed by atoms with E-state index in [0.29, 0.717) is 19.4 Å². The van der Waals surface area contributed by atoms with Crippen molar-refractivity contribution in [3.05, 3.63) is 0 Å². The van der Waals surface area contributed by atoms with E-state index in [1.54, 1.807) is 0 Å². The third-order valence-corrected chi connectivity index (χ3v) is 2.76. The van der Waals surface area contributed by atoms with E-state index < -0.39 is 36.0 Å². The summed E-state index contributed by atoms with van der Waals surface area (Å²) in [6.45, 7) is 0.412. The quantitative estimate of drug-likeness (QED) is 0.249. The fraction of sp³-hybridized carbons (Fsp3) is 0.692. The van der Waals surface area contributed by atoms with Crippen LogP contribution in [-0.2, 0) is 28.7 Å². The van der Waals surface area contributed by atoms with Crippen LogP contribution in [0.4, 0.5) is 0 Å². The molecule has 0 aliphatic rings. The summed E-state index contributed by atoms with van der Waals surface area (Å²) >= 11 is 0. The number of hydrogen-bond donors (Lipinski definition) is 4. The number of ether oxygens (including phenoxy) is 2. The highest BCUT2D eigenvalue weighted by Crippen LogP contribution is 2.03. The second-order valence-corrected chi connectivity index (χ2v) is 4.81. The molecule has 0 aliphatic carbocycles. The molecule has 23 heavy (non-hydrogen) atoms. The van der Waals surface area contributed by atoms with Crippen LogP contribution < -0.4 is 22.9 Å². The van der Waals surface area contributed by atoms with Gasteiger partial charge in [0, 0.05) is 13.0 Å². The second kappa shape index (κ2) is 11.7. The Morgan fingerprint density at radius 3 is 1.70 bits per heavy atom. The molecule has 0 aliphatic heterocycles. The highest BCUT2D eigenvalue weighted by Gasteiger charge is 2.22. The molecule has 2 atom stereocenters. The van der Waals surface area contributed by atoms with E-state index in [1.165, 1.54) is 0 Å². The molecule has 0 amide bonds. The summed E-state index contributed by atoms with van der Waals surface area (Å²) in [5.74, 6) is -3.49. The standard InChI is InChI=1S/C13H24N4O6/c14-6-1-2-8(16)12(20)22-10(18)4-3-9(17)13(21)23-11(19)5-7-15/h8-9H,1-7,14-17H2/t8?,9-/m0/s1. The van der Waals surface area contributed by atoms with Crippen LogP contribution in [0.5, 0.6) is 0 Å². The third kappa shape index (κ3) is 9.68. The van der Waals surface area contributed by atoms with Crippen molar-refractivity contribution in [2.24, 2.45) is 22.9 Å². The highest BCUT2D eigenvalue weighted by atomic mass is 16.6. The van der Waals surface area contributed by atoms with Crippen molar-refractivity contribution < 1.29 is 28.7 Å². The summed E-state index contributed by atoms with van der Waals surface area (Å²) in [4.78, 5) is 45.4. The van der Waals surface area contributed by atoms with Crippen molar-refractivity contribution in [2.45, 2.75) is 44.2 Å². The molecule has 0 spiro atoms. The molecule has 132 valence electrons. The monoisotopic (exact) mass is 332 g/mol. The fourth-order valence-corrected chi connectivity index (χ4v) is 1.44. The molecule has 0 saturated heterocycles. The molecular weight excluding hydrogens is 308 g/mol. The van der Waals surface area contributed by atoms with Crippen molar-refractivity contribution in [3.8, 4) is 0 Å². The molecule has 0 aromatic heterocycles. The predicted molar refractivity (Wildman–Crippen MR) is 79.3 cm³/mol. The van der Waals surface area contributed by atoms with Gasteiger partial charge in [0.1, 0.15) is 12.1 Å². The normalized spacial score (nSPS) is 13.0. The minimum absolute atomic E-state index is 0.0419. The van der Waals surface area contributed by atoms with Crippen molar-refractivity contribution >= 4 is 23.9 Å². The first-order chi connectivity index (χ1) is 10.8. The summed E-state index contributed by atoms with van der Waals surface area (Å²) in [6.07, 6.45) is 0.279. The largest absolute Gasteiger partial charge is 0.392 e. The van der Waals surface area contributed by atoms with Gasteiger partial charge in [-0.05, 0) is 25.8 Å². The summed E-state index contributed by atoms with van der Waals surface area (Å²) in [5, 5.41) is 0. The van der Waals surface area contributed by atoms with E-state index in [0.717, 1.165) is 0 Å². The van der Waals surface area contributed by atoms with Crippen molar-refractivity contribution in [3.63, 3.8) is 0 Å². The molecule has 10 heteroatoms. The summed E-state index contributed by atoms with van der Waals surface area (Å²) in [5.41, 5.74) is 21.4. The first-order valence-corrected chi connectivity index (χ1v) is 7.22. The Morgan fingerprint density at radius 2 is 1.22 bits per heavy atom. The molecule has 0 heterocycles. The summed E-state index contributed by atoms with van der Waals surface area (Å²) in [7, 11) is 0. The van der Waals surface area contributed by atoms with E-state index in [4.69, 9.17) is 22.9 Å². The van der Waals surface area contributed by atoms with Gasteiger partial charge >= 0.3 is 23.9 Å². The van der Waals surface area contributed by atoms with Crippen LogP contribution in [0.3, 0.4) is 0 Å². The maximum Gasteiger partial charge on any atom is 0.330 e. The van der Waals surface area contributed by atoms with Gasteiger partial charge in [-0.2, -0.15) is 0 Å². The van der Waals surface area contributed by atoms with Crippen molar-refractivity contribution in [1.29, 1.82) is 0 Å². The van der Waals surface area contributed by atoms with Crippen molar-refractivity contribution in [1.82, 2.24) is 0 Å². The van der Waals surface area contributed by atoms with Gasteiger partial charge in [-0.3, -0.25) is 9.59 Å². The van der Waals surface area contributed by atoms with Crippen molar-refractivity contribution in [2.75, 3.05) is 13.1 Å². The summed E-state index contributed by atoms with van der Waals surface area (Å²) < 4.78 is 8.94. The first kappa shape index (κ1) is 21.1. The zero-order chi connectivity index (χ0) is 17.8. The zero-order valence-electron chi connectivity index (χ0n) is 12.9. The SMILES string of the molecule is NCCCC(N)C(=O)OC(=O)CC[C@H](N)C(=O)OC(=O)CCN. The molecule has 0 saturated carbocycles. The Bertz CT molecular complexity index is 429. The molecule has 0 rings (SSSR count). The van der Waals surface area contributed by atoms with Crippen LogP contribution in [0.15, 0.2) is 0 Å².